The summed E-state index contributed by atoms with van der Waals surface area (Å²) in [5.74, 6) is 0.309. The van der Waals surface area contributed by atoms with E-state index in [-0.39, 0.29) is 18.0 Å². The van der Waals surface area contributed by atoms with Crippen LogP contribution in [0.3, 0.4) is 0 Å². The van der Waals surface area contributed by atoms with Crippen molar-refractivity contribution in [2.75, 3.05) is 6.54 Å². The molecule has 94 valence electrons. The molecule has 0 bridgehead atoms. The van der Waals surface area contributed by atoms with Gasteiger partial charge in [-0.1, -0.05) is 0 Å². The summed E-state index contributed by atoms with van der Waals surface area (Å²) in [5, 5.41) is 6.70. The lowest BCUT2D eigenvalue weighted by Gasteiger charge is -2.05. The van der Waals surface area contributed by atoms with E-state index in [4.69, 9.17) is 4.42 Å². The summed E-state index contributed by atoms with van der Waals surface area (Å²) in [5.41, 5.74) is 0.195. The molecule has 2 rings (SSSR count). The first-order valence-corrected chi connectivity index (χ1v) is 5.59. The molecule has 2 heterocycles. The van der Waals surface area contributed by atoms with Gasteiger partial charge in [-0.15, -0.1) is 0 Å². The van der Waals surface area contributed by atoms with Gasteiger partial charge in [0.2, 0.25) is 5.91 Å². The third-order valence-electron chi connectivity index (χ3n) is 2.31. The quantitative estimate of drug-likeness (QED) is 0.860. The molecule has 0 aliphatic carbocycles. The summed E-state index contributed by atoms with van der Waals surface area (Å²) in [7, 11) is 0. The van der Waals surface area contributed by atoms with Crippen LogP contribution in [0.25, 0.3) is 11.5 Å². The van der Waals surface area contributed by atoms with Gasteiger partial charge in [0.1, 0.15) is 12.2 Å². The third kappa shape index (κ3) is 2.65. The fourth-order valence-electron chi connectivity index (χ4n) is 1.51. The van der Waals surface area contributed by atoms with Gasteiger partial charge in [-0.3, -0.25) is 9.59 Å². The Balaban J connectivity index is 2.28. The summed E-state index contributed by atoms with van der Waals surface area (Å²) in [6.45, 7) is 2.24. The van der Waals surface area contributed by atoms with Crippen LogP contribution in [0.2, 0.25) is 0 Å². The zero-order valence-electron chi connectivity index (χ0n) is 9.92. The molecule has 0 aromatic carbocycles. The summed E-state index contributed by atoms with van der Waals surface area (Å²) in [6.07, 6.45) is 1.52. The molecular weight excluding hydrogens is 234 g/mol. The van der Waals surface area contributed by atoms with Crippen molar-refractivity contribution in [3.05, 3.63) is 40.9 Å². The van der Waals surface area contributed by atoms with Crippen molar-refractivity contribution in [3.8, 4) is 11.5 Å². The van der Waals surface area contributed by atoms with E-state index in [0.717, 1.165) is 4.68 Å². The number of likely N-dealkylation sites (N-methyl/N-ethyl adjacent to an activating group) is 1. The number of nitrogens with one attached hydrogen (secondary N) is 1. The predicted molar refractivity (Wildman–Crippen MR) is 64.9 cm³/mol. The van der Waals surface area contributed by atoms with Gasteiger partial charge in [0.15, 0.2) is 5.76 Å². The monoisotopic (exact) mass is 247 g/mol. The molecule has 0 radical (unpaired) electrons. The topological polar surface area (TPSA) is 77.1 Å². The molecule has 2 aromatic heterocycles. The maximum Gasteiger partial charge on any atom is 0.267 e. The highest BCUT2D eigenvalue weighted by Gasteiger charge is 2.08. The second-order valence-electron chi connectivity index (χ2n) is 3.65. The Morgan fingerprint density at radius 1 is 1.44 bits per heavy atom. The predicted octanol–water partition coefficient (Wildman–Crippen LogP) is 0.639. The van der Waals surface area contributed by atoms with Crippen molar-refractivity contribution in [1.82, 2.24) is 15.1 Å². The maximum absolute atomic E-state index is 11.6. The number of furan rings is 1. The summed E-state index contributed by atoms with van der Waals surface area (Å²) in [4.78, 5) is 23.0. The van der Waals surface area contributed by atoms with Gasteiger partial charge in [-0.25, -0.2) is 4.68 Å². The van der Waals surface area contributed by atoms with Gasteiger partial charge in [-0.2, -0.15) is 5.10 Å². The number of nitrogens with zero attached hydrogens (tertiary/aromatic N) is 2. The molecule has 0 fully saturated rings. The van der Waals surface area contributed by atoms with Crippen LogP contribution in [0.5, 0.6) is 0 Å². The van der Waals surface area contributed by atoms with Crippen molar-refractivity contribution in [3.63, 3.8) is 0 Å². The Kier molecular flexibility index (Phi) is 3.57. The molecule has 0 saturated carbocycles. The average molecular weight is 247 g/mol. The lowest BCUT2D eigenvalue weighted by Crippen LogP contribution is -2.33. The van der Waals surface area contributed by atoms with Crippen LogP contribution >= 0.6 is 0 Å². The first kappa shape index (κ1) is 12.1. The smallest absolute Gasteiger partial charge is 0.267 e. The largest absolute Gasteiger partial charge is 0.463 e. The Morgan fingerprint density at radius 3 is 2.94 bits per heavy atom. The number of amides is 1. The van der Waals surface area contributed by atoms with E-state index in [0.29, 0.717) is 18.0 Å². The molecule has 0 spiro atoms. The van der Waals surface area contributed by atoms with E-state index in [1.807, 2.05) is 6.92 Å². The van der Waals surface area contributed by atoms with Crippen LogP contribution < -0.4 is 10.9 Å². The maximum atomic E-state index is 11.6. The molecule has 1 amide bonds. The highest BCUT2D eigenvalue weighted by Crippen LogP contribution is 2.14. The van der Waals surface area contributed by atoms with E-state index in [9.17, 15) is 9.59 Å². The van der Waals surface area contributed by atoms with Gasteiger partial charge in [0.05, 0.1) is 6.26 Å². The Hall–Kier alpha value is -2.37. The molecular formula is C12H13N3O3. The van der Waals surface area contributed by atoms with Gasteiger partial charge >= 0.3 is 0 Å². The molecule has 2 aromatic rings. The first-order chi connectivity index (χ1) is 8.70. The molecule has 0 aliphatic heterocycles. The molecule has 1 N–H and O–H groups in total. The number of carbonyl (C=O) groups excluding carboxylic acids is 1. The van der Waals surface area contributed by atoms with Crippen LogP contribution in [0.4, 0.5) is 0 Å². The second kappa shape index (κ2) is 5.31. The van der Waals surface area contributed by atoms with Crippen LogP contribution in [0, 0.1) is 0 Å². The number of hydrogen-bond donors (Lipinski definition) is 1. The van der Waals surface area contributed by atoms with Crippen molar-refractivity contribution >= 4 is 5.91 Å². The highest BCUT2D eigenvalue weighted by molar-refractivity contribution is 5.75. The molecule has 0 saturated heterocycles. The van der Waals surface area contributed by atoms with Gasteiger partial charge in [0, 0.05) is 12.6 Å². The minimum absolute atomic E-state index is 0.0960. The minimum atomic E-state index is -0.323. The number of aromatic nitrogens is 2. The van der Waals surface area contributed by atoms with Gasteiger partial charge in [-0.05, 0) is 25.1 Å². The number of rotatable bonds is 4. The van der Waals surface area contributed by atoms with E-state index >= 15 is 0 Å². The highest BCUT2D eigenvalue weighted by atomic mass is 16.3. The fourth-order valence-corrected chi connectivity index (χ4v) is 1.51. The normalized spacial score (nSPS) is 10.3. The summed E-state index contributed by atoms with van der Waals surface area (Å²) < 4.78 is 6.30. The van der Waals surface area contributed by atoms with Crippen LogP contribution in [0.15, 0.2) is 39.7 Å². The zero-order chi connectivity index (χ0) is 13.0. The van der Waals surface area contributed by atoms with Crippen molar-refractivity contribution in [2.45, 2.75) is 13.5 Å². The third-order valence-corrected chi connectivity index (χ3v) is 2.31. The Bertz CT molecular complexity index is 587. The summed E-state index contributed by atoms with van der Waals surface area (Å²) >= 11 is 0. The molecule has 6 nitrogen and oxygen atoms in total. The van der Waals surface area contributed by atoms with E-state index in [1.165, 1.54) is 12.3 Å². The van der Waals surface area contributed by atoms with E-state index in [2.05, 4.69) is 10.4 Å². The van der Waals surface area contributed by atoms with Crippen LogP contribution in [-0.4, -0.2) is 22.2 Å². The number of carbonyl (C=O) groups is 1. The molecule has 0 aliphatic rings. The SMILES string of the molecule is CCNC(=O)Cn1nc(-c2ccco2)ccc1=O. The van der Waals surface area contributed by atoms with E-state index in [1.54, 1.807) is 18.2 Å². The van der Waals surface area contributed by atoms with E-state index < -0.39 is 0 Å². The van der Waals surface area contributed by atoms with Crippen molar-refractivity contribution in [1.29, 1.82) is 0 Å². The fraction of sp³-hybridized carbons (Fsp3) is 0.250. The Morgan fingerprint density at radius 2 is 2.28 bits per heavy atom. The minimum Gasteiger partial charge on any atom is -0.463 e. The summed E-state index contributed by atoms with van der Waals surface area (Å²) in [6, 6.07) is 6.40. The lowest BCUT2D eigenvalue weighted by atomic mass is 10.3. The molecule has 0 atom stereocenters. The van der Waals surface area contributed by atoms with Crippen LogP contribution in [-0.2, 0) is 11.3 Å². The zero-order valence-corrected chi connectivity index (χ0v) is 9.92. The molecule has 0 unspecified atom stereocenters. The van der Waals surface area contributed by atoms with Crippen molar-refractivity contribution in [2.24, 2.45) is 0 Å². The van der Waals surface area contributed by atoms with Gasteiger partial charge < -0.3 is 9.73 Å². The number of hydrogen-bond acceptors (Lipinski definition) is 4. The lowest BCUT2D eigenvalue weighted by molar-refractivity contribution is -0.121. The van der Waals surface area contributed by atoms with Crippen molar-refractivity contribution < 1.29 is 9.21 Å². The second-order valence-corrected chi connectivity index (χ2v) is 3.65. The Labute approximate surface area is 103 Å². The van der Waals surface area contributed by atoms with Gasteiger partial charge in [0.25, 0.3) is 5.56 Å². The first-order valence-electron chi connectivity index (χ1n) is 5.59. The van der Waals surface area contributed by atoms with Crippen LogP contribution in [0.1, 0.15) is 6.92 Å². The molecule has 18 heavy (non-hydrogen) atoms. The molecule has 6 heteroatoms. The standard InChI is InChI=1S/C12H13N3O3/c1-2-13-11(16)8-15-12(17)6-5-9(14-15)10-4-3-7-18-10/h3-7H,2,8H2,1H3,(H,13,16). The average Bonchev–Trinajstić information content (AvgIpc) is 2.86.